The van der Waals surface area contributed by atoms with Crippen LogP contribution in [0.1, 0.15) is 24.2 Å². The van der Waals surface area contributed by atoms with E-state index in [2.05, 4.69) is 20.2 Å². The van der Waals surface area contributed by atoms with Gasteiger partial charge in [0.15, 0.2) is 5.82 Å². The van der Waals surface area contributed by atoms with Crippen LogP contribution in [0.15, 0.2) is 28.8 Å². The van der Waals surface area contributed by atoms with Crippen molar-refractivity contribution in [1.82, 2.24) is 15.5 Å². The van der Waals surface area contributed by atoms with E-state index in [1.54, 1.807) is 12.1 Å². The summed E-state index contributed by atoms with van der Waals surface area (Å²) in [6, 6.07) is 6.83. The average molecular weight is 348 g/mol. The summed E-state index contributed by atoms with van der Waals surface area (Å²) < 4.78 is 33.6. The molecule has 0 radical (unpaired) electrons. The molecular weight excluding hydrogens is 328 g/mol. The molecule has 0 amide bonds. The van der Waals surface area contributed by atoms with Crippen LogP contribution in [0.4, 0.5) is 8.78 Å². The lowest BCUT2D eigenvalue weighted by atomic mass is 10.1. The zero-order chi connectivity index (χ0) is 15.9. The van der Waals surface area contributed by atoms with Gasteiger partial charge in [0, 0.05) is 18.9 Å². The third-order valence-electron chi connectivity index (χ3n) is 3.27. The smallest absolute Gasteiger partial charge is 0.387 e. The number of hydrogen-bond acceptors (Lipinski definition) is 5. The summed E-state index contributed by atoms with van der Waals surface area (Å²) in [7, 11) is 1.88. The third-order valence-corrected chi connectivity index (χ3v) is 3.27. The van der Waals surface area contributed by atoms with Gasteiger partial charge in [0.1, 0.15) is 5.75 Å². The summed E-state index contributed by atoms with van der Waals surface area (Å²) in [5.41, 5.74) is 0.991. The van der Waals surface area contributed by atoms with E-state index in [1.165, 1.54) is 12.1 Å². The van der Waals surface area contributed by atoms with Crippen molar-refractivity contribution in [2.75, 3.05) is 7.05 Å². The number of ether oxygens (including phenoxy) is 1. The molecule has 5 nitrogen and oxygen atoms in total. The monoisotopic (exact) mass is 347 g/mol. The van der Waals surface area contributed by atoms with Crippen LogP contribution in [0, 0.1) is 0 Å². The van der Waals surface area contributed by atoms with Crippen LogP contribution in [-0.2, 0) is 19.3 Å². The van der Waals surface area contributed by atoms with Crippen molar-refractivity contribution in [3.05, 3.63) is 41.5 Å². The van der Waals surface area contributed by atoms with Crippen molar-refractivity contribution < 1.29 is 18.0 Å². The first-order valence-electron chi connectivity index (χ1n) is 7.09. The number of rotatable bonds is 8. The molecular formula is C15H20ClF2N3O2. The topological polar surface area (TPSA) is 60.2 Å². The predicted molar refractivity (Wildman–Crippen MR) is 84.3 cm³/mol. The number of halogens is 3. The standard InChI is InChI=1S/C15H19F2N3O2.ClH/c1-10(18-2)9-13-19-14(22-20-13)8-5-11-3-6-12(7-4-11)21-15(16)17;/h3-4,6-7,10,15,18H,5,8-9H2,1-2H3;1H. The van der Waals surface area contributed by atoms with E-state index in [0.717, 1.165) is 5.56 Å². The molecule has 128 valence electrons. The van der Waals surface area contributed by atoms with Crippen molar-refractivity contribution in [3.8, 4) is 5.75 Å². The quantitative estimate of drug-likeness (QED) is 0.795. The maximum absolute atomic E-state index is 12.1. The molecule has 0 saturated carbocycles. The van der Waals surface area contributed by atoms with Gasteiger partial charge < -0.3 is 14.6 Å². The molecule has 2 aromatic rings. The number of hydrogen-bond donors (Lipinski definition) is 1. The van der Waals surface area contributed by atoms with Crippen LogP contribution in [0.2, 0.25) is 0 Å². The molecule has 0 fully saturated rings. The maximum Gasteiger partial charge on any atom is 0.387 e. The first kappa shape index (κ1) is 19.3. The number of likely N-dealkylation sites (N-methyl/N-ethyl adjacent to an activating group) is 1. The van der Waals surface area contributed by atoms with E-state index in [0.29, 0.717) is 31.0 Å². The summed E-state index contributed by atoms with van der Waals surface area (Å²) >= 11 is 0. The fraction of sp³-hybridized carbons (Fsp3) is 0.467. The van der Waals surface area contributed by atoms with Gasteiger partial charge in [-0.25, -0.2) is 0 Å². The van der Waals surface area contributed by atoms with Gasteiger partial charge in [-0.1, -0.05) is 17.3 Å². The Kier molecular flexibility index (Phi) is 7.91. The van der Waals surface area contributed by atoms with Gasteiger partial charge in [-0.05, 0) is 38.1 Å². The first-order valence-corrected chi connectivity index (χ1v) is 7.09. The molecule has 0 aliphatic rings. The number of benzene rings is 1. The largest absolute Gasteiger partial charge is 0.435 e. The zero-order valence-electron chi connectivity index (χ0n) is 13.0. The highest BCUT2D eigenvalue weighted by Gasteiger charge is 2.10. The number of nitrogens with zero attached hydrogens (tertiary/aromatic N) is 2. The number of aryl methyl sites for hydroxylation is 2. The molecule has 0 bridgehead atoms. The minimum Gasteiger partial charge on any atom is -0.435 e. The predicted octanol–water partition coefficient (Wildman–Crippen LogP) is 3.03. The van der Waals surface area contributed by atoms with Crippen molar-refractivity contribution >= 4 is 12.4 Å². The summed E-state index contributed by atoms with van der Waals surface area (Å²) in [5, 5.41) is 7.05. The normalized spacial score (nSPS) is 12.0. The van der Waals surface area contributed by atoms with Crippen molar-refractivity contribution in [1.29, 1.82) is 0 Å². The van der Waals surface area contributed by atoms with Gasteiger partial charge in [0.05, 0.1) is 0 Å². The Hall–Kier alpha value is -1.73. The summed E-state index contributed by atoms with van der Waals surface area (Å²) in [6.07, 6.45) is 2.01. The van der Waals surface area contributed by atoms with Gasteiger partial charge in [0.2, 0.25) is 5.89 Å². The van der Waals surface area contributed by atoms with Crippen LogP contribution < -0.4 is 10.1 Å². The minimum atomic E-state index is -2.80. The Balaban J connectivity index is 0.00000264. The Bertz CT molecular complexity index is 578. The highest BCUT2D eigenvalue weighted by Crippen LogP contribution is 2.16. The third kappa shape index (κ3) is 6.50. The number of alkyl halides is 2. The van der Waals surface area contributed by atoms with Gasteiger partial charge in [-0.15, -0.1) is 12.4 Å². The molecule has 1 heterocycles. The molecule has 0 spiro atoms. The summed E-state index contributed by atoms with van der Waals surface area (Å²) in [5.74, 6) is 1.41. The second-order valence-electron chi connectivity index (χ2n) is 5.02. The van der Waals surface area contributed by atoms with Gasteiger partial charge in [-0.2, -0.15) is 13.8 Å². The molecule has 1 aromatic heterocycles. The van der Waals surface area contributed by atoms with E-state index >= 15 is 0 Å². The van der Waals surface area contributed by atoms with Crippen LogP contribution >= 0.6 is 12.4 Å². The first-order chi connectivity index (χ1) is 10.6. The minimum absolute atomic E-state index is 0. The van der Waals surface area contributed by atoms with Crippen molar-refractivity contribution in [2.45, 2.75) is 38.8 Å². The maximum atomic E-state index is 12.1. The SMILES string of the molecule is CNC(C)Cc1noc(CCc2ccc(OC(F)F)cc2)n1.Cl. The van der Waals surface area contributed by atoms with E-state index in [-0.39, 0.29) is 24.2 Å². The Morgan fingerprint density at radius 3 is 2.52 bits per heavy atom. The lowest BCUT2D eigenvalue weighted by Crippen LogP contribution is -2.24. The Morgan fingerprint density at radius 1 is 1.22 bits per heavy atom. The van der Waals surface area contributed by atoms with Crippen molar-refractivity contribution in [2.24, 2.45) is 0 Å². The highest BCUT2D eigenvalue weighted by atomic mass is 35.5. The number of aromatic nitrogens is 2. The molecule has 8 heteroatoms. The molecule has 23 heavy (non-hydrogen) atoms. The van der Waals surface area contributed by atoms with Gasteiger partial charge in [0.25, 0.3) is 0 Å². The van der Waals surface area contributed by atoms with E-state index in [4.69, 9.17) is 4.52 Å². The zero-order valence-corrected chi connectivity index (χ0v) is 13.8. The van der Waals surface area contributed by atoms with Gasteiger partial charge in [-0.3, -0.25) is 0 Å². The lowest BCUT2D eigenvalue weighted by Gasteiger charge is -2.05. The molecule has 1 aromatic carbocycles. The lowest BCUT2D eigenvalue weighted by molar-refractivity contribution is -0.0498. The number of nitrogens with one attached hydrogen (secondary N) is 1. The second-order valence-corrected chi connectivity index (χ2v) is 5.02. The molecule has 1 atom stereocenters. The molecule has 0 saturated heterocycles. The summed E-state index contributed by atoms with van der Waals surface area (Å²) in [6.45, 7) is -0.762. The van der Waals surface area contributed by atoms with Crippen LogP contribution in [0.25, 0.3) is 0 Å². The van der Waals surface area contributed by atoms with E-state index < -0.39 is 6.61 Å². The summed E-state index contributed by atoms with van der Waals surface area (Å²) in [4.78, 5) is 4.33. The molecule has 0 aliphatic carbocycles. The second kappa shape index (κ2) is 9.42. The fourth-order valence-corrected chi connectivity index (χ4v) is 1.94. The van der Waals surface area contributed by atoms with Crippen LogP contribution in [0.3, 0.4) is 0 Å². The molecule has 1 unspecified atom stereocenters. The van der Waals surface area contributed by atoms with Gasteiger partial charge >= 0.3 is 6.61 Å². The van der Waals surface area contributed by atoms with Crippen LogP contribution in [-0.4, -0.2) is 29.8 Å². The molecule has 1 N–H and O–H groups in total. The molecule has 0 aliphatic heterocycles. The molecule has 2 rings (SSSR count). The van der Waals surface area contributed by atoms with Crippen LogP contribution in [0.5, 0.6) is 5.75 Å². The average Bonchev–Trinajstić information content (AvgIpc) is 2.93. The fourth-order valence-electron chi connectivity index (χ4n) is 1.94. The van der Waals surface area contributed by atoms with E-state index in [9.17, 15) is 8.78 Å². The Labute approximate surface area is 139 Å². The van der Waals surface area contributed by atoms with E-state index in [1.807, 2.05) is 14.0 Å². The highest BCUT2D eigenvalue weighted by molar-refractivity contribution is 5.85. The van der Waals surface area contributed by atoms with Crippen molar-refractivity contribution in [3.63, 3.8) is 0 Å². The Morgan fingerprint density at radius 2 is 1.91 bits per heavy atom.